The van der Waals surface area contributed by atoms with Crippen LogP contribution in [0.25, 0.3) is 0 Å². The molecule has 0 radical (unpaired) electrons. The maximum Gasteiger partial charge on any atom is 0.360 e. The summed E-state index contributed by atoms with van der Waals surface area (Å²) >= 11 is 0. The highest BCUT2D eigenvalue weighted by molar-refractivity contribution is 5.94. The number of para-hydroxylation sites is 1. The minimum atomic E-state index is -1.58. The molecule has 0 aliphatic rings. The number of nitro groups is 2. The van der Waals surface area contributed by atoms with Gasteiger partial charge in [-0.2, -0.15) is 0 Å². The van der Waals surface area contributed by atoms with Crippen molar-refractivity contribution in [1.29, 1.82) is 0 Å². The van der Waals surface area contributed by atoms with Crippen LogP contribution in [0.3, 0.4) is 0 Å². The van der Waals surface area contributed by atoms with E-state index in [1.165, 1.54) is 7.11 Å². The van der Waals surface area contributed by atoms with Gasteiger partial charge in [0, 0.05) is 6.07 Å². The highest BCUT2D eigenvalue weighted by Gasteiger charge is 2.31. The molecule has 0 aliphatic carbocycles. The highest BCUT2D eigenvalue weighted by Crippen LogP contribution is 2.30. The first-order chi connectivity index (χ1) is 11.8. The lowest BCUT2D eigenvalue weighted by molar-refractivity contribution is -0.422. The first kappa shape index (κ1) is 19.2. The number of rotatable bonds is 4. The molecule has 0 heterocycles. The smallest absolute Gasteiger partial charge is 0.360 e. The van der Waals surface area contributed by atoms with E-state index in [1.54, 1.807) is 24.3 Å². The minimum Gasteiger partial charge on any atom is -0.477 e. The van der Waals surface area contributed by atoms with Crippen LogP contribution < -0.4 is 0 Å². The number of nitrogens with zero attached hydrogens (tertiary/aromatic N) is 2. The third kappa shape index (κ3) is 5.10. The van der Waals surface area contributed by atoms with Crippen LogP contribution in [0.15, 0.2) is 48.5 Å². The van der Waals surface area contributed by atoms with Crippen LogP contribution in [0.4, 0.5) is 11.4 Å². The second-order valence-corrected chi connectivity index (χ2v) is 4.35. The topological polar surface area (TPSA) is 150 Å². The van der Waals surface area contributed by atoms with Gasteiger partial charge in [-0.25, -0.2) is 9.59 Å². The Labute approximate surface area is 140 Å². The molecule has 10 heteroatoms. The summed E-state index contributed by atoms with van der Waals surface area (Å²) in [6, 6.07) is 11.8. The molecule has 0 spiro atoms. The van der Waals surface area contributed by atoms with Crippen LogP contribution in [0.5, 0.6) is 0 Å². The van der Waals surface area contributed by atoms with Crippen LogP contribution in [0.2, 0.25) is 0 Å². The molecular formula is C15H12N2O8. The van der Waals surface area contributed by atoms with Crippen molar-refractivity contribution in [3.05, 3.63) is 79.9 Å². The van der Waals surface area contributed by atoms with Crippen molar-refractivity contribution in [3.8, 4) is 0 Å². The average Bonchev–Trinajstić information content (AvgIpc) is 2.61. The van der Waals surface area contributed by atoms with E-state index in [0.717, 1.165) is 18.2 Å². The molecule has 0 amide bonds. The molecule has 1 N–H and O–H groups in total. The second-order valence-electron chi connectivity index (χ2n) is 4.35. The summed E-state index contributed by atoms with van der Waals surface area (Å²) in [5, 5.41) is 29.5. The number of carboxylic acid groups (broad SMARTS) is 1. The molecule has 130 valence electrons. The molecule has 0 bridgehead atoms. The SMILES string of the molecule is COC(=O)c1ccccc1.O=C(O)c1cccc([N+](=O)[O-])c1[N+](=O)[O-]. The van der Waals surface area contributed by atoms with Crippen LogP contribution in [0.1, 0.15) is 20.7 Å². The molecule has 2 aromatic rings. The quantitative estimate of drug-likeness (QED) is 0.503. The summed E-state index contributed by atoms with van der Waals surface area (Å²) < 4.78 is 4.50. The number of esters is 1. The Balaban J connectivity index is 0.000000271. The van der Waals surface area contributed by atoms with Crippen molar-refractivity contribution in [2.45, 2.75) is 0 Å². The van der Waals surface area contributed by atoms with E-state index in [-0.39, 0.29) is 5.97 Å². The molecule has 2 aromatic carbocycles. The summed E-state index contributed by atoms with van der Waals surface area (Å²) in [5.41, 5.74) is -1.95. The van der Waals surface area contributed by atoms with Gasteiger partial charge >= 0.3 is 23.3 Å². The predicted molar refractivity (Wildman–Crippen MR) is 84.5 cm³/mol. The van der Waals surface area contributed by atoms with E-state index >= 15 is 0 Å². The van der Waals surface area contributed by atoms with Crippen molar-refractivity contribution in [2.24, 2.45) is 0 Å². The zero-order chi connectivity index (χ0) is 19.0. The number of carbonyl (C=O) groups excluding carboxylic acids is 1. The Morgan fingerprint density at radius 3 is 2.00 bits per heavy atom. The van der Waals surface area contributed by atoms with Crippen molar-refractivity contribution in [1.82, 2.24) is 0 Å². The van der Waals surface area contributed by atoms with Gasteiger partial charge < -0.3 is 9.84 Å². The maximum atomic E-state index is 10.8. The Morgan fingerprint density at radius 2 is 1.56 bits per heavy atom. The Hall–Kier alpha value is -3.82. The van der Waals surface area contributed by atoms with Gasteiger partial charge in [-0.1, -0.05) is 24.3 Å². The van der Waals surface area contributed by atoms with E-state index in [4.69, 9.17) is 5.11 Å². The number of ether oxygens (including phenoxy) is 1. The van der Waals surface area contributed by atoms with Crippen LogP contribution in [-0.2, 0) is 4.74 Å². The van der Waals surface area contributed by atoms with Gasteiger partial charge in [-0.15, -0.1) is 0 Å². The van der Waals surface area contributed by atoms with E-state index in [1.807, 2.05) is 6.07 Å². The van der Waals surface area contributed by atoms with Crippen LogP contribution in [-0.4, -0.2) is 34.0 Å². The van der Waals surface area contributed by atoms with Crippen molar-refractivity contribution < 1.29 is 29.3 Å². The monoisotopic (exact) mass is 348 g/mol. The molecule has 2 rings (SSSR count). The lowest BCUT2D eigenvalue weighted by Gasteiger charge is -1.97. The minimum absolute atomic E-state index is 0.291. The van der Waals surface area contributed by atoms with Crippen molar-refractivity contribution in [2.75, 3.05) is 7.11 Å². The largest absolute Gasteiger partial charge is 0.477 e. The van der Waals surface area contributed by atoms with Crippen molar-refractivity contribution in [3.63, 3.8) is 0 Å². The molecule has 0 aromatic heterocycles. The van der Waals surface area contributed by atoms with Gasteiger partial charge in [0.1, 0.15) is 5.56 Å². The van der Waals surface area contributed by atoms with Gasteiger partial charge in [0.25, 0.3) is 0 Å². The molecular weight excluding hydrogens is 336 g/mol. The lowest BCUT2D eigenvalue weighted by Crippen LogP contribution is -2.05. The Bertz CT molecular complexity index is 772. The molecule has 0 unspecified atom stereocenters. The first-order valence-corrected chi connectivity index (χ1v) is 6.58. The molecule has 25 heavy (non-hydrogen) atoms. The summed E-state index contributed by atoms with van der Waals surface area (Å²) in [7, 11) is 1.37. The van der Waals surface area contributed by atoms with Gasteiger partial charge in [0.2, 0.25) is 0 Å². The number of hydrogen-bond acceptors (Lipinski definition) is 7. The molecule has 0 fully saturated rings. The molecule has 0 aliphatic heterocycles. The summed E-state index contributed by atoms with van der Waals surface area (Å²) in [6.07, 6.45) is 0. The summed E-state index contributed by atoms with van der Waals surface area (Å²) in [5.74, 6) is -1.87. The van der Waals surface area contributed by atoms with E-state index < -0.39 is 32.8 Å². The van der Waals surface area contributed by atoms with E-state index in [9.17, 15) is 29.8 Å². The van der Waals surface area contributed by atoms with E-state index in [0.29, 0.717) is 5.56 Å². The zero-order valence-electron chi connectivity index (χ0n) is 12.8. The third-order valence-corrected chi connectivity index (χ3v) is 2.82. The standard InChI is InChI=1S/C8H8O2.C7H4N2O6/c1-10-8(9)7-5-3-2-4-6-7;10-7(11)4-2-1-3-5(8(12)13)6(4)9(14)15/h2-6H,1H3;1-3H,(H,10,11). The number of hydrogen-bond donors (Lipinski definition) is 1. The fourth-order valence-electron chi connectivity index (χ4n) is 1.74. The van der Waals surface area contributed by atoms with Gasteiger partial charge in [0.05, 0.1) is 22.5 Å². The lowest BCUT2D eigenvalue weighted by atomic mass is 10.1. The van der Waals surface area contributed by atoms with Gasteiger partial charge in [-0.3, -0.25) is 20.2 Å². The fraction of sp³-hybridized carbons (Fsp3) is 0.0667. The third-order valence-electron chi connectivity index (χ3n) is 2.82. The van der Waals surface area contributed by atoms with Gasteiger partial charge in [-0.05, 0) is 18.2 Å². The molecule has 0 saturated heterocycles. The Morgan fingerprint density at radius 1 is 0.960 bits per heavy atom. The summed E-state index contributed by atoms with van der Waals surface area (Å²) in [6.45, 7) is 0. The fourth-order valence-corrected chi connectivity index (χ4v) is 1.74. The Kier molecular flexibility index (Phi) is 6.71. The number of benzene rings is 2. The maximum absolute atomic E-state index is 10.8. The van der Waals surface area contributed by atoms with E-state index in [2.05, 4.69) is 4.74 Å². The number of nitro benzene ring substituents is 2. The number of aromatic carboxylic acids is 1. The second kappa shape index (κ2) is 8.72. The zero-order valence-corrected chi connectivity index (χ0v) is 12.8. The average molecular weight is 348 g/mol. The predicted octanol–water partition coefficient (Wildman–Crippen LogP) is 2.67. The molecule has 10 nitrogen and oxygen atoms in total. The highest BCUT2D eigenvalue weighted by atomic mass is 16.6. The number of carboxylic acids is 1. The van der Waals surface area contributed by atoms with Gasteiger partial charge in [0.15, 0.2) is 0 Å². The van der Waals surface area contributed by atoms with Crippen LogP contribution >= 0.6 is 0 Å². The van der Waals surface area contributed by atoms with Crippen molar-refractivity contribution >= 4 is 23.3 Å². The first-order valence-electron chi connectivity index (χ1n) is 6.58. The van der Waals surface area contributed by atoms with Crippen LogP contribution in [0, 0.1) is 20.2 Å². The number of methoxy groups -OCH3 is 1. The molecule has 0 atom stereocenters. The normalized spacial score (nSPS) is 9.32. The molecule has 0 saturated carbocycles. The number of carbonyl (C=O) groups is 2. The summed E-state index contributed by atoms with van der Waals surface area (Å²) in [4.78, 5) is 40.2.